The van der Waals surface area contributed by atoms with Gasteiger partial charge in [0.2, 0.25) is 0 Å². The van der Waals surface area contributed by atoms with Crippen LogP contribution in [0.3, 0.4) is 0 Å². The number of carbonyl (C=O) groups is 1. The summed E-state index contributed by atoms with van der Waals surface area (Å²) in [5, 5.41) is 2.61. The molecule has 0 saturated carbocycles. The minimum Gasteiger partial charge on any atom is -0.370 e. The van der Waals surface area contributed by atoms with E-state index >= 15 is 0 Å². The van der Waals surface area contributed by atoms with Gasteiger partial charge in [0.15, 0.2) is 0 Å². The van der Waals surface area contributed by atoms with Gasteiger partial charge >= 0.3 is 0 Å². The molecule has 0 aliphatic carbocycles. The molecule has 0 aromatic heterocycles. The van der Waals surface area contributed by atoms with E-state index in [-0.39, 0.29) is 11.4 Å². The molecule has 0 saturated heterocycles. The van der Waals surface area contributed by atoms with Crippen LogP contribution in [-0.2, 0) is 0 Å². The maximum atomic E-state index is 11.4. The molecule has 16 heavy (non-hydrogen) atoms. The van der Waals surface area contributed by atoms with Crippen molar-refractivity contribution in [3.05, 3.63) is 29.8 Å². The molecule has 1 aromatic carbocycles. The molecule has 0 atom stereocenters. The third kappa shape index (κ3) is 2.75. The van der Waals surface area contributed by atoms with Crippen molar-refractivity contribution in [2.45, 2.75) is 26.3 Å². The summed E-state index contributed by atoms with van der Waals surface area (Å²) in [5.41, 5.74) is 1.88. The number of hydrogen-bond acceptors (Lipinski definition) is 2. The molecule has 0 aliphatic heterocycles. The van der Waals surface area contributed by atoms with Crippen molar-refractivity contribution in [2.75, 3.05) is 19.0 Å². The molecule has 1 aromatic rings. The molecule has 0 unspecified atom stereocenters. The quantitative estimate of drug-likeness (QED) is 0.829. The van der Waals surface area contributed by atoms with Gasteiger partial charge in [0.25, 0.3) is 5.91 Å². The topological polar surface area (TPSA) is 32.3 Å². The number of rotatable bonds is 2. The molecule has 1 rings (SSSR count). The Morgan fingerprint density at radius 1 is 1.19 bits per heavy atom. The van der Waals surface area contributed by atoms with Gasteiger partial charge in [-0.2, -0.15) is 0 Å². The highest BCUT2D eigenvalue weighted by Gasteiger charge is 2.17. The van der Waals surface area contributed by atoms with Crippen LogP contribution in [0, 0.1) is 0 Å². The fraction of sp³-hybridized carbons (Fsp3) is 0.462. The molecular formula is C13H20N2O. The summed E-state index contributed by atoms with van der Waals surface area (Å²) in [6.45, 7) is 6.46. The lowest BCUT2D eigenvalue weighted by Gasteiger charge is -2.34. The average molecular weight is 220 g/mol. The van der Waals surface area contributed by atoms with Gasteiger partial charge in [-0.3, -0.25) is 4.79 Å². The van der Waals surface area contributed by atoms with Crippen molar-refractivity contribution in [1.82, 2.24) is 5.32 Å². The Balaban J connectivity index is 2.91. The first-order valence-electron chi connectivity index (χ1n) is 5.42. The number of benzene rings is 1. The molecule has 3 nitrogen and oxygen atoms in total. The molecule has 0 heterocycles. The van der Waals surface area contributed by atoms with Gasteiger partial charge < -0.3 is 10.2 Å². The number of amides is 1. The summed E-state index contributed by atoms with van der Waals surface area (Å²) in [4.78, 5) is 13.5. The van der Waals surface area contributed by atoms with Crippen molar-refractivity contribution < 1.29 is 4.79 Å². The number of hydrogen-bond donors (Lipinski definition) is 1. The molecule has 0 aliphatic rings. The molecule has 1 N–H and O–H groups in total. The second kappa shape index (κ2) is 4.56. The predicted molar refractivity (Wildman–Crippen MR) is 68.0 cm³/mol. The van der Waals surface area contributed by atoms with Crippen molar-refractivity contribution >= 4 is 11.6 Å². The van der Waals surface area contributed by atoms with Gasteiger partial charge in [0.05, 0.1) is 0 Å². The van der Waals surface area contributed by atoms with Gasteiger partial charge in [-0.15, -0.1) is 0 Å². The Morgan fingerprint density at radius 3 is 2.06 bits per heavy atom. The lowest BCUT2D eigenvalue weighted by molar-refractivity contribution is 0.0963. The zero-order valence-corrected chi connectivity index (χ0v) is 10.7. The van der Waals surface area contributed by atoms with Crippen LogP contribution >= 0.6 is 0 Å². The fourth-order valence-electron chi connectivity index (χ4n) is 1.37. The molecule has 3 heteroatoms. The summed E-state index contributed by atoms with van der Waals surface area (Å²) < 4.78 is 0. The van der Waals surface area contributed by atoms with E-state index in [1.165, 1.54) is 0 Å². The van der Waals surface area contributed by atoms with Crippen molar-refractivity contribution in [1.29, 1.82) is 0 Å². The molecular weight excluding hydrogens is 200 g/mol. The van der Waals surface area contributed by atoms with Crippen LogP contribution in [0.15, 0.2) is 24.3 Å². The van der Waals surface area contributed by atoms with Crippen LogP contribution in [0.5, 0.6) is 0 Å². The fourth-order valence-corrected chi connectivity index (χ4v) is 1.37. The van der Waals surface area contributed by atoms with Crippen LogP contribution in [0.1, 0.15) is 31.1 Å². The van der Waals surface area contributed by atoms with E-state index in [2.05, 4.69) is 38.0 Å². The first kappa shape index (κ1) is 12.6. The molecule has 0 radical (unpaired) electrons. The van der Waals surface area contributed by atoms with E-state index in [4.69, 9.17) is 0 Å². The summed E-state index contributed by atoms with van der Waals surface area (Å²) >= 11 is 0. The highest BCUT2D eigenvalue weighted by molar-refractivity contribution is 5.94. The summed E-state index contributed by atoms with van der Waals surface area (Å²) in [5.74, 6) is -0.0510. The second-order valence-electron chi connectivity index (χ2n) is 4.86. The molecule has 88 valence electrons. The van der Waals surface area contributed by atoms with E-state index in [0.29, 0.717) is 5.56 Å². The zero-order valence-electron chi connectivity index (χ0n) is 10.7. The Morgan fingerprint density at radius 2 is 1.69 bits per heavy atom. The van der Waals surface area contributed by atoms with Crippen LogP contribution < -0.4 is 10.2 Å². The molecule has 0 bridgehead atoms. The Labute approximate surface area is 97.5 Å². The van der Waals surface area contributed by atoms with Gasteiger partial charge in [-0.25, -0.2) is 0 Å². The smallest absolute Gasteiger partial charge is 0.251 e. The Hall–Kier alpha value is -1.51. The largest absolute Gasteiger partial charge is 0.370 e. The monoisotopic (exact) mass is 220 g/mol. The average Bonchev–Trinajstić information content (AvgIpc) is 2.26. The summed E-state index contributed by atoms with van der Waals surface area (Å²) in [6.07, 6.45) is 0. The van der Waals surface area contributed by atoms with Gasteiger partial charge in [0, 0.05) is 30.9 Å². The summed E-state index contributed by atoms with van der Waals surface area (Å²) in [6, 6.07) is 7.62. The maximum absolute atomic E-state index is 11.4. The zero-order chi connectivity index (χ0) is 12.3. The predicted octanol–water partition coefficient (Wildman–Crippen LogP) is 2.28. The molecule has 1 amide bonds. The normalized spacial score (nSPS) is 11.1. The second-order valence-corrected chi connectivity index (χ2v) is 4.86. The van der Waals surface area contributed by atoms with Gasteiger partial charge in [0.1, 0.15) is 0 Å². The molecule has 0 spiro atoms. The highest BCUT2D eigenvalue weighted by atomic mass is 16.1. The van der Waals surface area contributed by atoms with E-state index < -0.39 is 0 Å². The maximum Gasteiger partial charge on any atom is 0.251 e. The first-order chi connectivity index (χ1) is 7.36. The van der Waals surface area contributed by atoms with Crippen LogP contribution in [0.4, 0.5) is 5.69 Å². The van der Waals surface area contributed by atoms with E-state index in [1.54, 1.807) is 7.05 Å². The number of nitrogens with zero attached hydrogens (tertiary/aromatic N) is 1. The van der Waals surface area contributed by atoms with Gasteiger partial charge in [-0.1, -0.05) is 0 Å². The minimum absolute atomic E-state index is 0.0510. The Kier molecular flexibility index (Phi) is 3.58. The minimum atomic E-state index is -0.0510. The van der Waals surface area contributed by atoms with Crippen LogP contribution in [-0.4, -0.2) is 25.5 Å². The van der Waals surface area contributed by atoms with Crippen molar-refractivity contribution in [3.8, 4) is 0 Å². The van der Waals surface area contributed by atoms with Crippen molar-refractivity contribution in [3.63, 3.8) is 0 Å². The Bertz CT molecular complexity index is 363. The standard InChI is InChI=1S/C13H20N2O/c1-13(2,3)15(5)11-8-6-10(7-9-11)12(16)14-4/h6-9H,1-5H3,(H,14,16). The van der Waals surface area contributed by atoms with E-state index in [9.17, 15) is 4.79 Å². The third-order valence-electron chi connectivity index (χ3n) is 2.75. The van der Waals surface area contributed by atoms with Crippen LogP contribution in [0.25, 0.3) is 0 Å². The lowest BCUT2D eigenvalue weighted by atomic mass is 10.1. The first-order valence-corrected chi connectivity index (χ1v) is 5.42. The SMILES string of the molecule is CNC(=O)c1ccc(N(C)C(C)(C)C)cc1. The number of nitrogens with one attached hydrogen (secondary N) is 1. The summed E-state index contributed by atoms with van der Waals surface area (Å²) in [7, 11) is 3.69. The lowest BCUT2D eigenvalue weighted by Crippen LogP contribution is -2.38. The third-order valence-corrected chi connectivity index (χ3v) is 2.75. The van der Waals surface area contributed by atoms with E-state index in [0.717, 1.165) is 5.69 Å². The van der Waals surface area contributed by atoms with Crippen LogP contribution in [0.2, 0.25) is 0 Å². The van der Waals surface area contributed by atoms with E-state index in [1.807, 2.05) is 24.3 Å². The molecule has 0 fully saturated rings. The number of carbonyl (C=O) groups excluding carboxylic acids is 1. The highest BCUT2D eigenvalue weighted by Crippen LogP contribution is 2.21. The van der Waals surface area contributed by atoms with Crippen molar-refractivity contribution in [2.24, 2.45) is 0 Å². The number of anilines is 1. The van der Waals surface area contributed by atoms with Gasteiger partial charge in [-0.05, 0) is 45.0 Å².